The lowest BCUT2D eigenvalue weighted by molar-refractivity contribution is -0.134. The number of hydrogen-bond acceptors (Lipinski definition) is 4. The lowest BCUT2D eigenvalue weighted by atomic mass is 10.3. The van der Waals surface area contributed by atoms with Crippen molar-refractivity contribution in [3.8, 4) is 0 Å². The highest BCUT2D eigenvalue weighted by Crippen LogP contribution is 1.96. The number of carbonyl (C=O) groups excluding carboxylic acids is 1. The van der Waals surface area contributed by atoms with Crippen LogP contribution in [0.5, 0.6) is 0 Å². The Balaban J connectivity index is 2.81. The molecule has 0 saturated heterocycles. The number of nitrogens with zero attached hydrogens (tertiary/aromatic N) is 1. The average Bonchev–Trinajstić information content (AvgIpc) is 2.17. The maximum Gasteiger partial charge on any atom is 0.356 e. The minimum absolute atomic E-state index is 0.324. The van der Waals surface area contributed by atoms with Crippen molar-refractivity contribution < 1.29 is 9.53 Å². The molecule has 76 valence electrons. The van der Waals surface area contributed by atoms with Gasteiger partial charge in [0.05, 0.1) is 6.54 Å². The molecule has 4 heteroatoms. The van der Waals surface area contributed by atoms with Gasteiger partial charge in [-0.15, -0.1) is 0 Å². The van der Waals surface area contributed by atoms with Gasteiger partial charge in [-0.3, -0.25) is 4.99 Å². The van der Waals surface area contributed by atoms with Crippen LogP contribution in [-0.4, -0.2) is 31.9 Å². The van der Waals surface area contributed by atoms with Gasteiger partial charge in [0.2, 0.25) is 0 Å². The maximum absolute atomic E-state index is 11.4. The fourth-order valence-corrected chi connectivity index (χ4v) is 0.938. The van der Waals surface area contributed by atoms with Crippen molar-refractivity contribution in [3.63, 3.8) is 0 Å². The van der Waals surface area contributed by atoms with E-state index in [1.165, 1.54) is 0 Å². The van der Waals surface area contributed by atoms with E-state index in [0.29, 0.717) is 18.9 Å². The highest BCUT2D eigenvalue weighted by Gasteiger charge is 2.10. The van der Waals surface area contributed by atoms with Crippen LogP contribution in [0.15, 0.2) is 28.9 Å². The number of ether oxygens (including phenoxy) is 1. The average molecular weight is 194 g/mol. The zero-order valence-electron chi connectivity index (χ0n) is 8.41. The SMILES string of the molecule is CN/C(C)=C\C1=NC/C=C\COC1=O. The van der Waals surface area contributed by atoms with Crippen LogP contribution in [0.25, 0.3) is 0 Å². The molecular formula is C10H14N2O2. The van der Waals surface area contributed by atoms with Crippen LogP contribution in [0.1, 0.15) is 6.92 Å². The van der Waals surface area contributed by atoms with Crippen molar-refractivity contribution in [1.82, 2.24) is 5.32 Å². The summed E-state index contributed by atoms with van der Waals surface area (Å²) in [5, 5.41) is 2.92. The third-order valence-corrected chi connectivity index (χ3v) is 1.80. The maximum atomic E-state index is 11.4. The Morgan fingerprint density at radius 3 is 3.14 bits per heavy atom. The van der Waals surface area contributed by atoms with Gasteiger partial charge in [-0.05, 0) is 19.1 Å². The van der Waals surface area contributed by atoms with E-state index in [1.807, 2.05) is 13.0 Å². The van der Waals surface area contributed by atoms with Gasteiger partial charge in [0.1, 0.15) is 12.3 Å². The van der Waals surface area contributed by atoms with Gasteiger partial charge in [0.15, 0.2) is 0 Å². The Hall–Kier alpha value is -1.58. The molecule has 0 saturated carbocycles. The van der Waals surface area contributed by atoms with E-state index in [0.717, 1.165) is 5.70 Å². The molecule has 0 atom stereocenters. The molecule has 1 heterocycles. The fraction of sp³-hybridized carbons (Fsp3) is 0.400. The van der Waals surface area contributed by atoms with Crippen LogP contribution in [0.4, 0.5) is 0 Å². The fourth-order valence-electron chi connectivity index (χ4n) is 0.938. The first-order chi connectivity index (χ1) is 6.74. The van der Waals surface area contributed by atoms with Crippen molar-refractivity contribution in [2.75, 3.05) is 20.2 Å². The van der Waals surface area contributed by atoms with E-state index in [9.17, 15) is 4.79 Å². The topological polar surface area (TPSA) is 50.7 Å². The van der Waals surface area contributed by atoms with Gasteiger partial charge in [-0.25, -0.2) is 4.79 Å². The quantitative estimate of drug-likeness (QED) is 0.519. The van der Waals surface area contributed by atoms with Crippen LogP contribution in [0.3, 0.4) is 0 Å². The normalized spacial score (nSPS) is 20.3. The summed E-state index contributed by atoms with van der Waals surface area (Å²) in [6, 6.07) is 0. The number of rotatable bonds is 2. The van der Waals surface area contributed by atoms with Crippen LogP contribution in [-0.2, 0) is 9.53 Å². The minimum atomic E-state index is -0.371. The molecule has 0 aliphatic carbocycles. The van der Waals surface area contributed by atoms with Crippen molar-refractivity contribution in [2.24, 2.45) is 4.99 Å². The van der Waals surface area contributed by atoms with Crippen LogP contribution in [0, 0.1) is 0 Å². The predicted molar refractivity (Wildman–Crippen MR) is 55.2 cm³/mol. The lowest BCUT2D eigenvalue weighted by Crippen LogP contribution is -2.19. The Bertz CT molecular complexity index is 303. The zero-order valence-corrected chi connectivity index (χ0v) is 8.41. The zero-order chi connectivity index (χ0) is 10.4. The summed E-state index contributed by atoms with van der Waals surface area (Å²) in [6.07, 6.45) is 5.34. The molecule has 0 radical (unpaired) electrons. The summed E-state index contributed by atoms with van der Waals surface area (Å²) in [6.45, 7) is 2.71. The van der Waals surface area contributed by atoms with Crippen LogP contribution in [0.2, 0.25) is 0 Å². The molecule has 0 unspecified atom stereocenters. The summed E-state index contributed by atoms with van der Waals surface area (Å²) < 4.78 is 4.91. The summed E-state index contributed by atoms with van der Waals surface area (Å²) in [5.41, 5.74) is 1.24. The number of allylic oxidation sites excluding steroid dienone is 1. The molecule has 0 spiro atoms. The summed E-state index contributed by atoms with van der Waals surface area (Å²) in [5.74, 6) is -0.371. The predicted octanol–water partition coefficient (Wildman–Crippen LogP) is 0.664. The lowest BCUT2D eigenvalue weighted by Gasteiger charge is -2.06. The number of hydrogen-bond donors (Lipinski definition) is 1. The molecule has 4 nitrogen and oxygen atoms in total. The van der Waals surface area contributed by atoms with Gasteiger partial charge < -0.3 is 10.1 Å². The van der Waals surface area contributed by atoms with E-state index in [1.54, 1.807) is 19.2 Å². The van der Waals surface area contributed by atoms with Gasteiger partial charge >= 0.3 is 5.97 Å². The van der Waals surface area contributed by atoms with Crippen molar-refractivity contribution in [3.05, 3.63) is 23.9 Å². The molecule has 1 aliphatic heterocycles. The smallest absolute Gasteiger partial charge is 0.356 e. The van der Waals surface area contributed by atoms with Gasteiger partial charge in [0, 0.05) is 12.7 Å². The summed E-state index contributed by atoms with van der Waals surface area (Å²) in [4.78, 5) is 15.5. The molecule has 0 aromatic rings. The van der Waals surface area contributed by atoms with E-state index in [4.69, 9.17) is 4.74 Å². The van der Waals surface area contributed by atoms with Crippen molar-refractivity contribution in [1.29, 1.82) is 0 Å². The van der Waals surface area contributed by atoms with E-state index >= 15 is 0 Å². The van der Waals surface area contributed by atoms with Crippen molar-refractivity contribution in [2.45, 2.75) is 6.92 Å². The first-order valence-corrected chi connectivity index (χ1v) is 4.46. The molecule has 0 fully saturated rings. The monoisotopic (exact) mass is 194 g/mol. The molecule has 0 bridgehead atoms. The molecule has 1 aliphatic rings. The van der Waals surface area contributed by atoms with Gasteiger partial charge in [0.25, 0.3) is 0 Å². The number of nitrogens with one attached hydrogen (secondary N) is 1. The highest BCUT2D eigenvalue weighted by molar-refractivity contribution is 6.41. The van der Waals surface area contributed by atoms with Crippen molar-refractivity contribution >= 4 is 11.7 Å². The van der Waals surface area contributed by atoms with E-state index in [2.05, 4.69) is 10.3 Å². The Morgan fingerprint density at radius 1 is 1.64 bits per heavy atom. The number of esters is 1. The number of cyclic esters (lactones) is 1. The summed E-state index contributed by atoms with van der Waals surface area (Å²) in [7, 11) is 1.79. The minimum Gasteiger partial charge on any atom is -0.457 e. The standard InChI is InChI=1S/C10H14N2O2/c1-8(11-2)7-9-10(13)14-6-4-3-5-12-9/h3-4,7,11H,5-6H2,1-2H3/b4-3-,8-7-,12-9?. The van der Waals surface area contributed by atoms with E-state index in [-0.39, 0.29) is 5.97 Å². The van der Waals surface area contributed by atoms with Crippen LogP contribution >= 0.6 is 0 Å². The van der Waals surface area contributed by atoms with Crippen LogP contribution < -0.4 is 5.32 Å². The molecule has 0 amide bonds. The molecule has 1 N–H and O–H groups in total. The molecule has 1 rings (SSSR count). The first-order valence-electron chi connectivity index (χ1n) is 4.46. The third-order valence-electron chi connectivity index (χ3n) is 1.80. The summed E-state index contributed by atoms with van der Waals surface area (Å²) >= 11 is 0. The first kappa shape index (κ1) is 10.5. The second kappa shape index (κ2) is 5.21. The second-order valence-electron chi connectivity index (χ2n) is 2.87. The Kier molecular flexibility index (Phi) is 3.91. The molecule has 0 aromatic heterocycles. The molecule has 14 heavy (non-hydrogen) atoms. The highest BCUT2D eigenvalue weighted by atomic mass is 16.5. The Labute approximate surface area is 83.4 Å². The third kappa shape index (κ3) is 3.05. The van der Waals surface area contributed by atoms with Gasteiger partial charge in [-0.1, -0.05) is 6.08 Å². The number of aliphatic imine (C=N–C) groups is 1. The largest absolute Gasteiger partial charge is 0.457 e. The Morgan fingerprint density at radius 2 is 2.43 bits per heavy atom. The van der Waals surface area contributed by atoms with Gasteiger partial charge in [-0.2, -0.15) is 0 Å². The second-order valence-corrected chi connectivity index (χ2v) is 2.87. The van der Waals surface area contributed by atoms with E-state index < -0.39 is 0 Å². The number of carbonyl (C=O) groups is 1. The molecule has 0 aromatic carbocycles. The molecular weight excluding hydrogens is 180 g/mol.